The Kier molecular flexibility index (Phi) is 4.59. The van der Waals surface area contributed by atoms with Gasteiger partial charge >= 0.3 is 6.09 Å². The summed E-state index contributed by atoms with van der Waals surface area (Å²) in [6.45, 7) is 6.44. The van der Waals surface area contributed by atoms with Crippen LogP contribution in [0.2, 0.25) is 0 Å². The quantitative estimate of drug-likeness (QED) is 0.846. The van der Waals surface area contributed by atoms with E-state index in [0.717, 1.165) is 17.7 Å². The summed E-state index contributed by atoms with van der Waals surface area (Å²) in [5.41, 5.74) is 1.93. The summed E-state index contributed by atoms with van der Waals surface area (Å²) in [5.74, 6) is 0.796. The maximum atomic E-state index is 10.6. The molecule has 18 heavy (non-hydrogen) atoms. The molecule has 0 heterocycles. The molecule has 0 fully saturated rings. The number of hydrogen-bond acceptors (Lipinski definition) is 2. The van der Waals surface area contributed by atoms with E-state index >= 15 is 0 Å². The van der Waals surface area contributed by atoms with E-state index in [1.54, 1.807) is 7.11 Å². The van der Waals surface area contributed by atoms with E-state index in [9.17, 15) is 4.79 Å². The third kappa shape index (κ3) is 3.39. The summed E-state index contributed by atoms with van der Waals surface area (Å²) < 4.78 is 5.36. The fourth-order valence-corrected chi connectivity index (χ4v) is 1.90. The first-order valence-electron chi connectivity index (χ1n) is 6.05. The molecule has 1 rings (SSSR count). The minimum atomic E-state index is -1.01. The lowest BCUT2D eigenvalue weighted by Gasteiger charge is -2.27. The zero-order chi connectivity index (χ0) is 13.8. The second-order valence-corrected chi connectivity index (χ2v) is 4.93. The Morgan fingerprint density at radius 1 is 1.44 bits per heavy atom. The Morgan fingerprint density at radius 2 is 2.11 bits per heavy atom. The van der Waals surface area contributed by atoms with Crippen LogP contribution < -0.4 is 10.1 Å². The number of nitrogens with one attached hydrogen (secondary N) is 1. The smallest absolute Gasteiger partial charge is 0.404 e. The van der Waals surface area contributed by atoms with Crippen LogP contribution in [0.3, 0.4) is 0 Å². The number of aryl methyl sites for hydroxylation is 1. The Hall–Kier alpha value is -1.71. The molecule has 0 aromatic heterocycles. The molecule has 1 aromatic carbocycles. The molecule has 0 unspecified atom stereocenters. The lowest BCUT2D eigenvalue weighted by molar-refractivity contribution is 0.191. The molecular weight excluding hydrogens is 230 g/mol. The number of methoxy groups -OCH3 is 1. The van der Waals surface area contributed by atoms with Crippen molar-refractivity contribution in [1.82, 2.24) is 5.32 Å². The molecule has 0 atom stereocenters. The number of carboxylic acid groups (broad SMARTS) is 1. The summed E-state index contributed by atoms with van der Waals surface area (Å²) in [5, 5.41) is 11.1. The Bertz CT molecular complexity index is 427. The van der Waals surface area contributed by atoms with Gasteiger partial charge < -0.3 is 15.2 Å². The van der Waals surface area contributed by atoms with Crippen molar-refractivity contribution in [2.75, 3.05) is 13.7 Å². The highest BCUT2D eigenvalue weighted by Gasteiger charge is 2.25. The van der Waals surface area contributed by atoms with E-state index in [1.807, 2.05) is 26.0 Å². The maximum absolute atomic E-state index is 10.6. The van der Waals surface area contributed by atoms with E-state index in [4.69, 9.17) is 9.84 Å². The molecule has 0 saturated carbocycles. The first-order valence-corrected chi connectivity index (χ1v) is 6.05. The lowest BCUT2D eigenvalue weighted by atomic mass is 9.83. The standard InChI is InChI=1S/C14H21NO3/c1-5-10-6-7-12(18-4)11(8-10)14(2,3)9-15-13(16)17/h6-8,15H,5,9H2,1-4H3,(H,16,17). The number of amides is 1. The second kappa shape index (κ2) is 5.76. The van der Waals surface area contributed by atoms with Crippen LogP contribution in [0.15, 0.2) is 18.2 Å². The normalized spacial score (nSPS) is 11.1. The van der Waals surface area contributed by atoms with Crippen molar-refractivity contribution in [3.63, 3.8) is 0 Å². The minimum Gasteiger partial charge on any atom is -0.496 e. The average molecular weight is 251 g/mol. The van der Waals surface area contributed by atoms with E-state index in [2.05, 4.69) is 18.3 Å². The van der Waals surface area contributed by atoms with Crippen molar-refractivity contribution < 1.29 is 14.6 Å². The molecule has 2 N–H and O–H groups in total. The molecule has 4 nitrogen and oxygen atoms in total. The van der Waals surface area contributed by atoms with E-state index in [-0.39, 0.29) is 5.41 Å². The molecular formula is C14H21NO3. The predicted molar refractivity (Wildman–Crippen MR) is 71.4 cm³/mol. The van der Waals surface area contributed by atoms with Gasteiger partial charge in [0, 0.05) is 17.5 Å². The van der Waals surface area contributed by atoms with Gasteiger partial charge in [-0.25, -0.2) is 4.79 Å². The van der Waals surface area contributed by atoms with Crippen LogP contribution in [0.5, 0.6) is 5.75 Å². The molecule has 0 aliphatic carbocycles. The van der Waals surface area contributed by atoms with Crippen LogP contribution in [-0.4, -0.2) is 24.9 Å². The minimum absolute atomic E-state index is 0.311. The van der Waals surface area contributed by atoms with Crippen molar-refractivity contribution in [3.8, 4) is 5.75 Å². The predicted octanol–water partition coefficient (Wildman–Crippen LogP) is 2.80. The first-order chi connectivity index (χ1) is 8.40. The van der Waals surface area contributed by atoms with Gasteiger partial charge in [-0.05, 0) is 18.1 Å². The summed E-state index contributed by atoms with van der Waals surface area (Å²) in [4.78, 5) is 10.6. The fraction of sp³-hybridized carbons (Fsp3) is 0.500. The Labute approximate surface area is 108 Å². The fourth-order valence-electron chi connectivity index (χ4n) is 1.90. The monoisotopic (exact) mass is 251 g/mol. The number of benzene rings is 1. The molecule has 0 radical (unpaired) electrons. The highest BCUT2D eigenvalue weighted by Crippen LogP contribution is 2.32. The highest BCUT2D eigenvalue weighted by molar-refractivity contribution is 5.64. The molecule has 1 amide bonds. The van der Waals surface area contributed by atoms with Gasteiger partial charge in [-0.15, -0.1) is 0 Å². The van der Waals surface area contributed by atoms with Gasteiger partial charge in [0.15, 0.2) is 0 Å². The van der Waals surface area contributed by atoms with Gasteiger partial charge in [-0.1, -0.05) is 32.9 Å². The van der Waals surface area contributed by atoms with Crippen molar-refractivity contribution in [1.29, 1.82) is 0 Å². The molecule has 0 saturated heterocycles. The van der Waals surface area contributed by atoms with Gasteiger partial charge in [-0.2, -0.15) is 0 Å². The Morgan fingerprint density at radius 3 is 2.61 bits per heavy atom. The van der Waals surface area contributed by atoms with Crippen LogP contribution in [0.25, 0.3) is 0 Å². The SMILES string of the molecule is CCc1ccc(OC)c(C(C)(C)CNC(=O)O)c1. The number of carbonyl (C=O) groups is 1. The Balaban J connectivity index is 3.07. The van der Waals surface area contributed by atoms with Crippen LogP contribution >= 0.6 is 0 Å². The van der Waals surface area contributed by atoms with Crippen molar-refractivity contribution >= 4 is 6.09 Å². The summed E-state index contributed by atoms with van der Waals surface area (Å²) in [6, 6.07) is 6.06. The molecule has 0 spiro atoms. The topological polar surface area (TPSA) is 58.6 Å². The van der Waals surface area contributed by atoms with Gasteiger partial charge in [0.1, 0.15) is 5.75 Å². The van der Waals surface area contributed by atoms with E-state index in [0.29, 0.717) is 6.54 Å². The van der Waals surface area contributed by atoms with Crippen LogP contribution in [0.4, 0.5) is 4.79 Å². The average Bonchev–Trinajstić information content (AvgIpc) is 2.35. The number of hydrogen-bond donors (Lipinski definition) is 2. The molecule has 4 heteroatoms. The van der Waals surface area contributed by atoms with Gasteiger partial charge in [0.2, 0.25) is 0 Å². The summed E-state index contributed by atoms with van der Waals surface area (Å²) in [7, 11) is 1.63. The third-order valence-corrected chi connectivity index (χ3v) is 3.08. The van der Waals surface area contributed by atoms with Crippen molar-refractivity contribution in [3.05, 3.63) is 29.3 Å². The first kappa shape index (κ1) is 14.4. The van der Waals surface area contributed by atoms with Crippen molar-refractivity contribution in [2.24, 2.45) is 0 Å². The van der Waals surface area contributed by atoms with Crippen molar-refractivity contribution in [2.45, 2.75) is 32.6 Å². The summed E-state index contributed by atoms with van der Waals surface area (Å²) in [6.07, 6.45) is -0.0620. The second-order valence-electron chi connectivity index (χ2n) is 4.93. The van der Waals surface area contributed by atoms with Crippen LogP contribution in [0.1, 0.15) is 31.9 Å². The van der Waals surface area contributed by atoms with Crippen LogP contribution in [0, 0.1) is 0 Å². The zero-order valence-electron chi connectivity index (χ0n) is 11.4. The summed E-state index contributed by atoms with van der Waals surface area (Å²) >= 11 is 0. The van der Waals surface area contributed by atoms with Gasteiger partial charge in [0.05, 0.1) is 7.11 Å². The molecule has 0 aliphatic rings. The maximum Gasteiger partial charge on any atom is 0.404 e. The largest absolute Gasteiger partial charge is 0.496 e. The third-order valence-electron chi connectivity index (χ3n) is 3.08. The highest BCUT2D eigenvalue weighted by atomic mass is 16.5. The molecule has 0 bridgehead atoms. The molecule has 1 aromatic rings. The zero-order valence-corrected chi connectivity index (χ0v) is 11.4. The molecule has 100 valence electrons. The number of ether oxygens (including phenoxy) is 1. The van der Waals surface area contributed by atoms with Gasteiger partial charge in [0.25, 0.3) is 0 Å². The number of rotatable bonds is 5. The van der Waals surface area contributed by atoms with E-state index < -0.39 is 6.09 Å². The van der Waals surface area contributed by atoms with Gasteiger partial charge in [-0.3, -0.25) is 0 Å². The van der Waals surface area contributed by atoms with E-state index in [1.165, 1.54) is 5.56 Å². The molecule has 0 aliphatic heterocycles. The van der Waals surface area contributed by atoms with Crippen LogP contribution in [-0.2, 0) is 11.8 Å². The lowest BCUT2D eigenvalue weighted by Crippen LogP contribution is -2.36.